The van der Waals surface area contributed by atoms with Crippen molar-refractivity contribution >= 4 is 17.1 Å². The lowest BCUT2D eigenvalue weighted by molar-refractivity contribution is -0.125. The maximum absolute atomic E-state index is 11.3. The molecular formula is C10H15NO2S. The quantitative estimate of drug-likeness (QED) is 0.819. The first-order valence-corrected chi connectivity index (χ1v) is 5.35. The predicted molar refractivity (Wildman–Crippen MR) is 57.4 cm³/mol. The summed E-state index contributed by atoms with van der Waals surface area (Å²) in [6.07, 6.45) is -0.728. The summed E-state index contributed by atoms with van der Waals surface area (Å²) < 4.78 is 0. The van der Waals surface area contributed by atoms with Crippen LogP contribution in [0.5, 0.6) is 0 Å². The molecule has 0 saturated carbocycles. The summed E-state index contributed by atoms with van der Waals surface area (Å²) in [5.41, 5.74) is 0.809. The number of rotatable bonds is 4. The molecule has 78 valence electrons. The summed E-state index contributed by atoms with van der Waals surface area (Å²) in [5, 5.41) is 13.7. The van der Waals surface area contributed by atoms with Crippen molar-refractivity contribution in [3.8, 4) is 0 Å². The summed E-state index contributed by atoms with van der Waals surface area (Å²) in [4.78, 5) is 13.1. The summed E-state index contributed by atoms with van der Waals surface area (Å²) in [5.74, 6) is -0.0197. The van der Waals surface area contributed by atoms with Gasteiger partial charge in [-0.05, 0) is 43.4 Å². The molecule has 0 aliphatic carbocycles. The maximum atomic E-state index is 11.3. The van der Waals surface area contributed by atoms with Crippen LogP contribution in [0, 0.1) is 0 Å². The van der Waals surface area contributed by atoms with E-state index in [1.165, 1.54) is 18.3 Å². The van der Waals surface area contributed by atoms with Gasteiger partial charge >= 0.3 is 0 Å². The van der Waals surface area contributed by atoms with Gasteiger partial charge in [-0.25, -0.2) is 0 Å². The average Bonchev–Trinajstić information content (AvgIpc) is 2.53. The van der Waals surface area contributed by atoms with Gasteiger partial charge in [0.15, 0.2) is 0 Å². The van der Waals surface area contributed by atoms with Gasteiger partial charge in [0.25, 0.3) is 0 Å². The Labute approximate surface area is 88.0 Å². The molecule has 14 heavy (non-hydrogen) atoms. The van der Waals surface area contributed by atoms with Crippen LogP contribution in [0.15, 0.2) is 16.8 Å². The van der Waals surface area contributed by atoms with E-state index >= 15 is 0 Å². The Morgan fingerprint density at radius 3 is 2.57 bits per heavy atom. The van der Waals surface area contributed by atoms with Crippen LogP contribution in [0.25, 0.3) is 0 Å². The topological polar surface area (TPSA) is 40.5 Å². The van der Waals surface area contributed by atoms with Crippen LogP contribution in [0.1, 0.15) is 18.6 Å². The van der Waals surface area contributed by atoms with Crippen molar-refractivity contribution in [3.05, 3.63) is 22.4 Å². The molecule has 1 aromatic rings. The van der Waals surface area contributed by atoms with Crippen LogP contribution in [0.2, 0.25) is 0 Å². The van der Waals surface area contributed by atoms with Crippen LogP contribution in [-0.2, 0) is 4.79 Å². The lowest BCUT2D eigenvalue weighted by Crippen LogP contribution is -2.39. The zero-order valence-electron chi connectivity index (χ0n) is 8.60. The summed E-state index contributed by atoms with van der Waals surface area (Å²) in [6, 6.07) is 1.39. The standard InChI is InChI=1S/C10H15NO2S/c1-7(12)9(11(2)3)10(13)8-4-5-14-6-8/h4-6,9-10,13H,1-3H3/t9-,10-/m1/s1. The van der Waals surface area contributed by atoms with Crippen LogP contribution < -0.4 is 0 Å². The van der Waals surface area contributed by atoms with Gasteiger partial charge in [-0.3, -0.25) is 9.69 Å². The van der Waals surface area contributed by atoms with E-state index in [-0.39, 0.29) is 5.78 Å². The highest BCUT2D eigenvalue weighted by molar-refractivity contribution is 7.07. The molecule has 0 spiro atoms. The van der Waals surface area contributed by atoms with Crippen molar-refractivity contribution in [2.75, 3.05) is 14.1 Å². The molecule has 0 aliphatic rings. The molecule has 1 N–H and O–H groups in total. The highest BCUT2D eigenvalue weighted by atomic mass is 32.1. The Morgan fingerprint density at radius 2 is 2.21 bits per heavy atom. The Balaban J connectivity index is 2.84. The molecule has 0 amide bonds. The molecule has 4 heteroatoms. The van der Waals surface area contributed by atoms with Crippen LogP contribution in [0.3, 0.4) is 0 Å². The number of carbonyl (C=O) groups excluding carboxylic acids is 1. The number of likely N-dealkylation sites (N-methyl/N-ethyl adjacent to an activating group) is 1. The Morgan fingerprint density at radius 1 is 1.57 bits per heavy atom. The third-order valence-electron chi connectivity index (χ3n) is 2.16. The second-order valence-electron chi connectivity index (χ2n) is 3.52. The van der Waals surface area contributed by atoms with E-state index in [0.29, 0.717) is 0 Å². The molecular weight excluding hydrogens is 198 g/mol. The molecule has 0 saturated heterocycles. The van der Waals surface area contributed by atoms with Crippen molar-refractivity contribution in [1.29, 1.82) is 0 Å². The molecule has 1 rings (SSSR count). The Kier molecular flexibility index (Phi) is 3.80. The van der Waals surface area contributed by atoms with Crippen molar-refractivity contribution in [2.45, 2.75) is 19.1 Å². The smallest absolute Gasteiger partial charge is 0.149 e. The highest BCUT2D eigenvalue weighted by Crippen LogP contribution is 2.22. The number of ketones is 1. The molecule has 3 nitrogen and oxygen atoms in total. The highest BCUT2D eigenvalue weighted by Gasteiger charge is 2.27. The van der Waals surface area contributed by atoms with E-state index < -0.39 is 12.1 Å². The van der Waals surface area contributed by atoms with E-state index in [1.54, 1.807) is 19.0 Å². The fraction of sp³-hybridized carbons (Fsp3) is 0.500. The van der Waals surface area contributed by atoms with Gasteiger partial charge in [0.1, 0.15) is 11.9 Å². The number of aliphatic hydroxyl groups is 1. The summed E-state index contributed by atoms with van der Waals surface area (Å²) in [6.45, 7) is 1.50. The first-order valence-electron chi connectivity index (χ1n) is 4.41. The third-order valence-corrected chi connectivity index (χ3v) is 2.86. The fourth-order valence-corrected chi connectivity index (χ4v) is 2.18. The van der Waals surface area contributed by atoms with E-state index in [9.17, 15) is 9.90 Å². The number of hydrogen-bond acceptors (Lipinski definition) is 4. The molecule has 2 atom stereocenters. The zero-order valence-corrected chi connectivity index (χ0v) is 9.41. The first kappa shape index (κ1) is 11.4. The lowest BCUT2D eigenvalue weighted by Gasteiger charge is -2.26. The maximum Gasteiger partial charge on any atom is 0.149 e. The van der Waals surface area contributed by atoms with Gasteiger partial charge in [-0.1, -0.05) is 0 Å². The van der Waals surface area contributed by atoms with Gasteiger partial charge in [0.2, 0.25) is 0 Å². The SMILES string of the molecule is CC(=O)[C@H]([C@H](O)c1ccsc1)N(C)C. The lowest BCUT2D eigenvalue weighted by atomic mass is 10.0. The fourth-order valence-electron chi connectivity index (χ4n) is 1.49. The minimum absolute atomic E-state index is 0.0197. The molecule has 1 heterocycles. The molecule has 0 aliphatic heterocycles. The Hall–Kier alpha value is -0.710. The van der Waals surface area contributed by atoms with E-state index in [2.05, 4.69) is 0 Å². The molecule has 1 aromatic heterocycles. The van der Waals surface area contributed by atoms with Crippen molar-refractivity contribution in [1.82, 2.24) is 4.90 Å². The number of nitrogens with zero attached hydrogens (tertiary/aromatic N) is 1. The van der Waals surface area contributed by atoms with Gasteiger partial charge in [0, 0.05) is 0 Å². The van der Waals surface area contributed by atoms with E-state index in [4.69, 9.17) is 0 Å². The van der Waals surface area contributed by atoms with Gasteiger partial charge < -0.3 is 5.11 Å². The first-order chi connectivity index (χ1) is 6.54. The zero-order chi connectivity index (χ0) is 10.7. The molecule has 0 bridgehead atoms. The van der Waals surface area contributed by atoms with Crippen molar-refractivity contribution < 1.29 is 9.90 Å². The Bertz CT molecular complexity index is 295. The van der Waals surface area contributed by atoms with Gasteiger partial charge in [-0.2, -0.15) is 11.3 Å². The van der Waals surface area contributed by atoms with Gasteiger partial charge in [-0.15, -0.1) is 0 Å². The number of Topliss-reactive ketones (excluding diaryl/α,β-unsaturated/α-hetero) is 1. The minimum atomic E-state index is -0.728. The summed E-state index contributed by atoms with van der Waals surface area (Å²) in [7, 11) is 3.59. The van der Waals surface area contributed by atoms with Crippen LogP contribution >= 0.6 is 11.3 Å². The van der Waals surface area contributed by atoms with Crippen LogP contribution in [-0.4, -0.2) is 35.9 Å². The third kappa shape index (κ3) is 2.41. The molecule has 0 aromatic carbocycles. The second-order valence-corrected chi connectivity index (χ2v) is 4.30. The monoisotopic (exact) mass is 213 g/mol. The van der Waals surface area contributed by atoms with Crippen molar-refractivity contribution in [3.63, 3.8) is 0 Å². The minimum Gasteiger partial charge on any atom is -0.386 e. The number of aliphatic hydroxyl groups excluding tert-OH is 1. The second kappa shape index (κ2) is 4.68. The molecule has 0 radical (unpaired) electrons. The normalized spacial score (nSPS) is 15.5. The number of thiophene rings is 1. The number of hydrogen-bond donors (Lipinski definition) is 1. The molecule has 0 unspecified atom stereocenters. The largest absolute Gasteiger partial charge is 0.386 e. The summed E-state index contributed by atoms with van der Waals surface area (Å²) >= 11 is 1.52. The average molecular weight is 213 g/mol. The van der Waals surface area contributed by atoms with Crippen molar-refractivity contribution in [2.24, 2.45) is 0 Å². The number of carbonyl (C=O) groups is 1. The van der Waals surface area contributed by atoms with E-state index in [0.717, 1.165) is 5.56 Å². The van der Waals surface area contributed by atoms with Crippen LogP contribution in [0.4, 0.5) is 0 Å². The molecule has 0 fully saturated rings. The van der Waals surface area contributed by atoms with E-state index in [1.807, 2.05) is 16.8 Å². The van der Waals surface area contributed by atoms with Gasteiger partial charge in [0.05, 0.1) is 6.04 Å². The predicted octanol–water partition coefficient (Wildman–Crippen LogP) is 1.30.